The molecule has 0 unspecified atom stereocenters. The molecule has 0 saturated carbocycles. The lowest BCUT2D eigenvalue weighted by Gasteiger charge is -2.27. The van der Waals surface area contributed by atoms with Crippen molar-refractivity contribution in [3.63, 3.8) is 0 Å². The highest BCUT2D eigenvalue weighted by molar-refractivity contribution is 5.96. The van der Waals surface area contributed by atoms with Crippen molar-refractivity contribution in [2.75, 3.05) is 11.4 Å². The number of rotatable bonds is 11. The van der Waals surface area contributed by atoms with Gasteiger partial charge in [-0.1, -0.05) is 61.6 Å². The van der Waals surface area contributed by atoms with E-state index in [-0.39, 0.29) is 11.3 Å². The van der Waals surface area contributed by atoms with Crippen molar-refractivity contribution in [2.24, 2.45) is 0 Å². The number of hydrogen-bond donors (Lipinski definition) is 0. The molecule has 0 aliphatic carbocycles. The number of carbonyl (C=O) groups is 1. The predicted molar refractivity (Wildman–Crippen MR) is 146 cm³/mol. The number of halogens is 1. The Morgan fingerprint density at radius 2 is 1.85 bits per heavy atom. The summed E-state index contributed by atoms with van der Waals surface area (Å²) in [5.74, 6) is -0.787. The van der Waals surface area contributed by atoms with Crippen molar-refractivity contribution in [1.82, 2.24) is 0 Å². The van der Waals surface area contributed by atoms with Gasteiger partial charge in [0.15, 0.2) is 5.78 Å². The number of benzene rings is 2. The minimum Gasteiger partial charge on any atom is -0.337 e. The molecule has 0 aliphatic heterocycles. The molecule has 0 heterocycles. The molecule has 0 aliphatic rings. The summed E-state index contributed by atoms with van der Waals surface area (Å²) >= 11 is 0. The first-order valence-corrected chi connectivity index (χ1v) is 11.6. The smallest absolute Gasteiger partial charge is 0.163 e. The zero-order valence-electron chi connectivity index (χ0n) is 21.2. The van der Waals surface area contributed by atoms with Crippen molar-refractivity contribution >= 4 is 22.7 Å². The third kappa shape index (κ3) is 6.32. The van der Waals surface area contributed by atoms with Gasteiger partial charge < -0.3 is 4.90 Å². The Bertz CT molecular complexity index is 1170. The number of ketones is 1. The Labute approximate surface area is 204 Å². The van der Waals surface area contributed by atoms with E-state index in [0.717, 1.165) is 40.0 Å². The Hall–Kier alpha value is -3.46. The quantitative estimate of drug-likeness (QED) is 0.191. The number of aryl methyl sites for hydroxylation is 1. The second kappa shape index (κ2) is 12.1. The van der Waals surface area contributed by atoms with Gasteiger partial charge in [-0.25, -0.2) is 4.39 Å². The maximum Gasteiger partial charge on any atom is 0.163 e. The molecule has 2 aromatic carbocycles. The average molecular weight is 458 g/mol. The minimum absolute atomic E-state index is 0.143. The Balaban J connectivity index is 2.63. The van der Waals surface area contributed by atoms with Gasteiger partial charge in [0.1, 0.15) is 5.82 Å². The lowest BCUT2D eigenvalue weighted by Crippen LogP contribution is -2.19. The molecule has 0 fully saturated rings. The van der Waals surface area contributed by atoms with E-state index in [9.17, 15) is 4.79 Å². The zero-order chi connectivity index (χ0) is 25.4. The van der Waals surface area contributed by atoms with Gasteiger partial charge in [-0.15, -0.1) is 6.58 Å². The zero-order valence-corrected chi connectivity index (χ0v) is 21.2. The van der Waals surface area contributed by atoms with Crippen LogP contribution >= 0.6 is 0 Å². The van der Waals surface area contributed by atoms with Gasteiger partial charge in [0.05, 0.1) is 5.56 Å². The molecule has 0 aromatic heterocycles. The van der Waals surface area contributed by atoms with Crippen LogP contribution in [0.1, 0.15) is 61.2 Å². The molecule has 0 spiro atoms. The van der Waals surface area contributed by atoms with Crippen molar-refractivity contribution in [3.05, 3.63) is 114 Å². The molecule has 2 aromatic rings. The summed E-state index contributed by atoms with van der Waals surface area (Å²) < 4.78 is 15.2. The topological polar surface area (TPSA) is 20.3 Å². The second-order valence-electron chi connectivity index (χ2n) is 8.54. The summed E-state index contributed by atoms with van der Waals surface area (Å²) in [5, 5.41) is 0. The van der Waals surface area contributed by atoms with Crippen LogP contribution in [0.2, 0.25) is 0 Å². The summed E-state index contributed by atoms with van der Waals surface area (Å²) in [6.45, 7) is 21.9. The van der Waals surface area contributed by atoms with Crippen LogP contribution in [0.4, 0.5) is 15.8 Å². The molecule has 0 amide bonds. The first kappa shape index (κ1) is 26.8. The largest absolute Gasteiger partial charge is 0.337 e. The van der Waals surface area contributed by atoms with Crippen LogP contribution in [0.25, 0.3) is 5.57 Å². The maximum absolute atomic E-state index is 15.2. The molecule has 0 N–H and O–H groups in total. The van der Waals surface area contributed by atoms with Crippen LogP contribution in [0.15, 0.2) is 85.5 Å². The van der Waals surface area contributed by atoms with E-state index in [1.165, 1.54) is 13.0 Å². The monoisotopic (exact) mass is 457 g/mol. The van der Waals surface area contributed by atoms with E-state index >= 15 is 4.39 Å². The molecular formula is C31H36FNO. The van der Waals surface area contributed by atoms with Crippen LogP contribution < -0.4 is 4.90 Å². The number of Topliss-reactive ketones (excluding diaryl/α,β-unsaturated/α-hetero) is 1. The first-order chi connectivity index (χ1) is 16.2. The molecule has 2 nitrogen and oxygen atoms in total. The van der Waals surface area contributed by atoms with E-state index in [4.69, 9.17) is 0 Å². The fourth-order valence-corrected chi connectivity index (χ4v) is 3.93. The summed E-state index contributed by atoms with van der Waals surface area (Å²) in [5.41, 5.74) is 7.70. The lowest BCUT2D eigenvalue weighted by atomic mass is 9.95. The highest BCUT2D eigenvalue weighted by Gasteiger charge is 2.19. The van der Waals surface area contributed by atoms with Crippen LogP contribution in [0.3, 0.4) is 0 Å². The fraction of sp³-hybridized carbons (Fsp3) is 0.258. The minimum atomic E-state index is -0.508. The van der Waals surface area contributed by atoms with Gasteiger partial charge in [-0.2, -0.15) is 0 Å². The van der Waals surface area contributed by atoms with Crippen LogP contribution in [0.5, 0.6) is 0 Å². The standard InChI is InChI=1S/C31H36FNO/c1-9-15-33(28-19-27(17-22(6)11-3)31(24(8)34)29(32)20-28)30-14-13-26(18-23(30)7)25(12-4)16-21(5)10-2/h9-10,12-14,16,18-20H,1,4,6,11,15,17H2,2-3,5,7-8H3/b21-10-,25-16+. The average Bonchev–Trinajstić information content (AvgIpc) is 2.80. The van der Waals surface area contributed by atoms with Gasteiger partial charge in [-0.05, 0) is 87.1 Å². The van der Waals surface area contributed by atoms with E-state index in [1.807, 2.05) is 43.9 Å². The van der Waals surface area contributed by atoms with Crippen LogP contribution in [-0.2, 0) is 6.42 Å². The van der Waals surface area contributed by atoms with Gasteiger partial charge in [0.2, 0.25) is 0 Å². The normalized spacial score (nSPS) is 11.8. The van der Waals surface area contributed by atoms with Crippen LogP contribution in [0, 0.1) is 12.7 Å². The summed E-state index contributed by atoms with van der Waals surface area (Å²) in [6.07, 6.45) is 9.04. The highest BCUT2D eigenvalue weighted by atomic mass is 19.1. The highest BCUT2D eigenvalue weighted by Crippen LogP contribution is 2.34. The van der Waals surface area contributed by atoms with Crippen molar-refractivity contribution in [2.45, 2.75) is 47.5 Å². The Morgan fingerprint density at radius 3 is 2.38 bits per heavy atom. The molecule has 178 valence electrons. The molecule has 0 bridgehead atoms. The number of nitrogens with zero attached hydrogens (tertiary/aromatic N) is 1. The second-order valence-corrected chi connectivity index (χ2v) is 8.54. The molecule has 2 rings (SSSR count). The van der Waals surface area contributed by atoms with Gasteiger partial charge in [0, 0.05) is 17.9 Å². The molecule has 0 atom stereocenters. The molecular weight excluding hydrogens is 421 g/mol. The van der Waals surface area contributed by atoms with E-state index in [0.29, 0.717) is 24.2 Å². The lowest BCUT2D eigenvalue weighted by molar-refractivity contribution is 0.101. The van der Waals surface area contributed by atoms with E-state index in [1.54, 1.807) is 6.08 Å². The fourth-order valence-electron chi connectivity index (χ4n) is 3.93. The van der Waals surface area contributed by atoms with E-state index in [2.05, 4.69) is 50.9 Å². The van der Waals surface area contributed by atoms with Gasteiger partial charge in [-0.3, -0.25) is 4.79 Å². The maximum atomic E-state index is 15.2. The molecule has 0 saturated heterocycles. The van der Waals surface area contributed by atoms with Crippen LogP contribution in [-0.4, -0.2) is 12.3 Å². The summed E-state index contributed by atoms with van der Waals surface area (Å²) in [6, 6.07) is 9.55. The summed E-state index contributed by atoms with van der Waals surface area (Å²) in [4.78, 5) is 14.2. The van der Waals surface area contributed by atoms with Crippen molar-refractivity contribution in [1.29, 1.82) is 0 Å². The van der Waals surface area contributed by atoms with Gasteiger partial charge >= 0.3 is 0 Å². The Kier molecular flexibility index (Phi) is 9.56. The third-order valence-electron chi connectivity index (χ3n) is 5.95. The SMILES string of the molecule is C=CCN(c1cc(F)c(C(C)=O)c(CC(=C)CC)c1)c1ccc(/C(C=C)=C/C(C)=C\C)cc1C. The molecule has 34 heavy (non-hydrogen) atoms. The number of hydrogen-bond acceptors (Lipinski definition) is 2. The molecule has 0 radical (unpaired) electrons. The molecule has 3 heteroatoms. The number of anilines is 2. The Morgan fingerprint density at radius 1 is 1.15 bits per heavy atom. The predicted octanol–water partition coefficient (Wildman–Crippen LogP) is 8.71. The van der Waals surface area contributed by atoms with E-state index < -0.39 is 5.82 Å². The van der Waals surface area contributed by atoms with Crippen molar-refractivity contribution < 1.29 is 9.18 Å². The van der Waals surface area contributed by atoms with Gasteiger partial charge in [0.25, 0.3) is 0 Å². The summed E-state index contributed by atoms with van der Waals surface area (Å²) in [7, 11) is 0. The third-order valence-corrected chi connectivity index (χ3v) is 5.95. The van der Waals surface area contributed by atoms with Crippen molar-refractivity contribution in [3.8, 4) is 0 Å². The number of carbonyl (C=O) groups excluding carboxylic acids is 1. The first-order valence-electron chi connectivity index (χ1n) is 11.6. The number of allylic oxidation sites excluding steroid dienone is 6.